The summed E-state index contributed by atoms with van der Waals surface area (Å²) in [6.07, 6.45) is 3.17. The summed E-state index contributed by atoms with van der Waals surface area (Å²) >= 11 is 0. The Balaban J connectivity index is 1.47. The zero-order chi connectivity index (χ0) is 14.5. The number of amides is 1. The minimum atomic E-state index is 0.244. The fraction of sp³-hybridized carbons (Fsp3) is 0.588. The number of hydrogen-bond donors (Lipinski definition) is 1. The second-order valence-corrected chi connectivity index (χ2v) is 5.92. The fourth-order valence-corrected chi connectivity index (χ4v) is 2.95. The summed E-state index contributed by atoms with van der Waals surface area (Å²) in [4.78, 5) is 14.0. The Labute approximate surface area is 126 Å². The van der Waals surface area contributed by atoms with Crippen LogP contribution in [0.4, 0.5) is 0 Å². The van der Waals surface area contributed by atoms with Crippen LogP contribution in [-0.2, 0) is 9.53 Å². The van der Waals surface area contributed by atoms with Crippen molar-refractivity contribution in [2.24, 2.45) is 5.92 Å². The Kier molecular flexibility index (Phi) is 4.88. The van der Waals surface area contributed by atoms with Crippen molar-refractivity contribution >= 4 is 5.91 Å². The van der Waals surface area contributed by atoms with Gasteiger partial charge in [0, 0.05) is 32.1 Å². The molecule has 1 N–H and O–H groups in total. The fourth-order valence-electron chi connectivity index (χ4n) is 2.95. The van der Waals surface area contributed by atoms with Gasteiger partial charge in [-0.15, -0.1) is 0 Å². The summed E-state index contributed by atoms with van der Waals surface area (Å²) < 4.78 is 5.28. The lowest BCUT2D eigenvalue weighted by Crippen LogP contribution is -2.41. The molecule has 1 amide bonds. The van der Waals surface area contributed by atoms with Crippen LogP contribution in [0.25, 0.3) is 0 Å². The van der Waals surface area contributed by atoms with Crippen LogP contribution < -0.4 is 5.32 Å². The molecule has 1 saturated heterocycles. The molecule has 1 aromatic carbocycles. The van der Waals surface area contributed by atoms with E-state index in [9.17, 15) is 4.79 Å². The number of carbonyl (C=O) groups is 1. The molecule has 2 aliphatic rings. The third-order valence-corrected chi connectivity index (χ3v) is 4.32. The van der Waals surface area contributed by atoms with Gasteiger partial charge in [0.25, 0.3) is 0 Å². The van der Waals surface area contributed by atoms with Crippen LogP contribution in [0.2, 0.25) is 0 Å². The molecule has 4 heteroatoms. The summed E-state index contributed by atoms with van der Waals surface area (Å²) in [5, 5.41) is 3.59. The van der Waals surface area contributed by atoms with E-state index in [1.807, 2.05) is 4.90 Å². The molecule has 1 unspecified atom stereocenters. The molecular weight excluding hydrogens is 264 g/mol. The number of morpholine rings is 1. The van der Waals surface area contributed by atoms with E-state index >= 15 is 0 Å². The van der Waals surface area contributed by atoms with Crippen molar-refractivity contribution in [3.05, 3.63) is 35.9 Å². The topological polar surface area (TPSA) is 41.6 Å². The zero-order valence-electron chi connectivity index (χ0n) is 12.5. The molecule has 4 nitrogen and oxygen atoms in total. The SMILES string of the molecule is O=C(CCNC(c1ccccc1)C1CC1)N1CCOCC1. The molecule has 1 heterocycles. The second-order valence-electron chi connectivity index (χ2n) is 5.92. The first-order valence-electron chi connectivity index (χ1n) is 7.98. The van der Waals surface area contributed by atoms with Gasteiger partial charge in [0.15, 0.2) is 0 Å². The summed E-state index contributed by atoms with van der Waals surface area (Å²) in [5.74, 6) is 0.985. The second kappa shape index (κ2) is 7.05. The molecule has 114 valence electrons. The van der Waals surface area contributed by atoms with Crippen molar-refractivity contribution in [1.82, 2.24) is 10.2 Å². The summed E-state index contributed by atoms with van der Waals surface area (Å²) in [5.41, 5.74) is 1.35. The number of rotatable bonds is 6. The highest BCUT2D eigenvalue weighted by Gasteiger charge is 2.31. The van der Waals surface area contributed by atoms with E-state index in [4.69, 9.17) is 4.74 Å². The van der Waals surface area contributed by atoms with E-state index in [0.29, 0.717) is 25.7 Å². The molecule has 1 saturated carbocycles. The smallest absolute Gasteiger partial charge is 0.224 e. The van der Waals surface area contributed by atoms with Crippen molar-refractivity contribution in [1.29, 1.82) is 0 Å². The molecular formula is C17H24N2O2. The molecule has 1 aliphatic carbocycles. The Bertz CT molecular complexity index is 453. The molecule has 0 aromatic heterocycles. The first-order chi connectivity index (χ1) is 10.3. The highest BCUT2D eigenvalue weighted by Crippen LogP contribution is 2.40. The number of nitrogens with one attached hydrogen (secondary N) is 1. The van der Waals surface area contributed by atoms with E-state index in [0.717, 1.165) is 25.6 Å². The molecule has 1 atom stereocenters. The number of benzene rings is 1. The molecule has 0 spiro atoms. The van der Waals surface area contributed by atoms with Crippen molar-refractivity contribution in [3.8, 4) is 0 Å². The number of nitrogens with zero attached hydrogens (tertiary/aromatic N) is 1. The van der Waals surface area contributed by atoms with Crippen LogP contribution in [0.1, 0.15) is 30.9 Å². The molecule has 0 bridgehead atoms. The van der Waals surface area contributed by atoms with Gasteiger partial charge in [-0.1, -0.05) is 30.3 Å². The first kappa shape index (κ1) is 14.5. The van der Waals surface area contributed by atoms with Crippen LogP contribution in [-0.4, -0.2) is 43.7 Å². The van der Waals surface area contributed by atoms with Crippen LogP contribution in [0.15, 0.2) is 30.3 Å². The van der Waals surface area contributed by atoms with E-state index in [1.165, 1.54) is 18.4 Å². The lowest BCUT2D eigenvalue weighted by atomic mass is 10.0. The van der Waals surface area contributed by atoms with Gasteiger partial charge >= 0.3 is 0 Å². The van der Waals surface area contributed by atoms with E-state index in [1.54, 1.807) is 0 Å². The number of carbonyl (C=O) groups excluding carboxylic acids is 1. The van der Waals surface area contributed by atoms with Crippen molar-refractivity contribution < 1.29 is 9.53 Å². The maximum atomic E-state index is 12.1. The highest BCUT2D eigenvalue weighted by molar-refractivity contribution is 5.76. The van der Waals surface area contributed by atoms with Gasteiger partial charge in [0.05, 0.1) is 13.2 Å². The Morgan fingerprint density at radius 3 is 2.62 bits per heavy atom. The summed E-state index contributed by atoms with van der Waals surface area (Å²) in [6.45, 7) is 3.58. The van der Waals surface area contributed by atoms with Gasteiger partial charge in [-0.05, 0) is 24.3 Å². The first-order valence-corrected chi connectivity index (χ1v) is 7.98. The van der Waals surface area contributed by atoms with Gasteiger partial charge in [-0.3, -0.25) is 4.79 Å². The largest absolute Gasteiger partial charge is 0.378 e. The van der Waals surface area contributed by atoms with Gasteiger partial charge in [-0.25, -0.2) is 0 Å². The summed E-state index contributed by atoms with van der Waals surface area (Å²) in [7, 11) is 0. The van der Waals surface area contributed by atoms with Gasteiger partial charge in [-0.2, -0.15) is 0 Å². The van der Waals surface area contributed by atoms with Gasteiger partial charge in [0.2, 0.25) is 5.91 Å². The van der Waals surface area contributed by atoms with Gasteiger partial charge in [0.1, 0.15) is 0 Å². The quantitative estimate of drug-likeness (QED) is 0.870. The average Bonchev–Trinajstić information content (AvgIpc) is 3.38. The van der Waals surface area contributed by atoms with Crippen LogP contribution in [0.3, 0.4) is 0 Å². The third kappa shape index (κ3) is 4.05. The van der Waals surface area contributed by atoms with E-state index in [-0.39, 0.29) is 5.91 Å². The standard InChI is InChI=1S/C17H24N2O2/c20-16(19-10-12-21-13-11-19)8-9-18-17(15-6-7-15)14-4-2-1-3-5-14/h1-5,15,17-18H,6-13H2. The zero-order valence-corrected chi connectivity index (χ0v) is 12.5. The normalized spacial score (nSPS) is 20.3. The molecule has 1 aromatic rings. The average molecular weight is 288 g/mol. The third-order valence-electron chi connectivity index (χ3n) is 4.32. The minimum absolute atomic E-state index is 0.244. The van der Waals surface area contributed by atoms with E-state index in [2.05, 4.69) is 35.6 Å². The van der Waals surface area contributed by atoms with E-state index < -0.39 is 0 Å². The number of ether oxygens (including phenoxy) is 1. The molecule has 0 radical (unpaired) electrons. The van der Waals surface area contributed by atoms with Crippen molar-refractivity contribution in [2.45, 2.75) is 25.3 Å². The molecule has 2 fully saturated rings. The molecule has 1 aliphatic heterocycles. The van der Waals surface area contributed by atoms with Crippen molar-refractivity contribution in [3.63, 3.8) is 0 Å². The molecule has 21 heavy (non-hydrogen) atoms. The summed E-state index contributed by atoms with van der Waals surface area (Å²) in [6, 6.07) is 11.0. The van der Waals surface area contributed by atoms with Crippen LogP contribution in [0.5, 0.6) is 0 Å². The maximum Gasteiger partial charge on any atom is 0.224 e. The highest BCUT2D eigenvalue weighted by atomic mass is 16.5. The lowest BCUT2D eigenvalue weighted by molar-refractivity contribution is -0.135. The Morgan fingerprint density at radius 1 is 1.24 bits per heavy atom. The number of hydrogen-bond acceptors (Lipinski definition) is 3. The predicted octanol–water partition coefficient (Wildman–Crippen LogP) is 1.98. The predicted molar refractivity (Wildman–Crippen MR) is 81.9 cm³/mol. The van der Waals surface area contributed by atoms with Crippen LogP contribution in [0, 0.1) is 5.92 Å². The van der Waals surface area contributed by atoms with Crippen LogP contribution >= 0.6 is 0 Å². The Hall–Kier alpha value is -1.39. The van der Waals surface area contributed by atoms with Crippen molar-refractivity contribution in [2.75, 3.05) is 32.8 Å². The molecule has 3 rings (SSSR count). The maximum absolute atomic E-state index is 12.1. The Morgan fingerprint density at radius 2 is 1.95 bits per heavy atom. The minimum Gasteiger partial charge on any atom is -0.378 e. The van der Waals surface area contributed by atoms with Gasteiger partial charge < -0.3 is 15.0 Å². The monoisotopic (exact) mass is 288 g/mol. The lowest BCUT2D eigenvalue weighted by Gasteiger charge is -2.27.